The number of ether oxygens (including phenoxy) is 1. The fraction of sp³-hybridized carbons (Fsp3) is 0.190. The number of carbonyl (C=O) groups is 1. The average molecular weight is 397 g/mol. The highest BCUT2D eigenvalue weighted by Crippen LogP contribution is 2.20. The average Bonchev–Trinajstić information content (AvgIpc) is 3.06. The second kappa shape index (κ2) is 9.32. The third-order valence-corrected chi connectivity index (χ3v) is 4.91. The lowest BCUT2D eigenvalue weighted by molar-refractivity contribution is 0.102. The van der Waals surface area contributed by atoms with E-state index in [2.05, 4.69) is 16.8 Å². The summed E-state index contributed by atoms with van der Waals surface area (Å²) >= 11 is 1.25. The van der Waals surface area contributed by atoms with Crippen LogP contribution in [0.15, 0.2) is 66.3 Å². The van der Waals surface area contributed by atoms with Crippen LogP contribution < -0.4 is 4.74 Å². The Morgan fingerprint density at radius 3 is 2.82 bits per heavy atom. The van der Waals surface area contributed by atoms with E-state index < -0.39 is 5.82 Å². The lowest BCUT2D eigenvalue weighted by atomic mass is 10.1. The van der Waals surface area contributed by atoms with E-state index in [-0.39, 0.29) is 18.1 Å². The monoisotopic (exact) mass is 397 g/mol. The summed E-state index contributed by atoms with van der Waals surface area (Å²) in [5.41, 5.74) is 1.45. The Morgan fingerprint density at radius 1 is 1.25 bits per heavy atom. The number of halogens is 1. The van der Waals surface area contributed by atoms with Gasteiger partial charge in [-0.3, -0.25) is 9.36 Å². The van der Waals surface area contributed by atoms with Crippen LogP contribution in [0.3, 0.4) is 0 Å². The van der Waals surface area contributed by atoms with Crippen LogP contribution in [0.25, 0.3) is 0 Å². The van der Waals surface area contributed by atoms with Crippen molar-refractivity contribution in [2.75, 3.05) is 5.75 Å². The van der Waals surface area contributed by atoms with Gasteiger partial charge in [-0.15, -0.1) is 16.8 Å². The van der Waals surface area contributed by atoms with Crippen molar-refractivity contribution in [2.24, 2.45) is 0 Å². The van der Waals surface area contributed by atoms with Gasteiger partial charge in [-0.25, -0.2) is 4.39 Å². The van der Waals surface area contributed by atoms with Gasteiger partial charge >= 0.3 is 0 Å². The molecule has 5 nitrogen and oxygen atoms in total. The van der Waals surface area contributed by atoms with Crippen molar-refractivity contribution in [2.45, 2.75) is 25.2 Å². The molecule has 0 aliphatic rings. The molecule has 3 aromatic rings. The molecule has 0 bridgehead atoms. The minimum atomic E-state index is -0.429. The summed E-state index contributed by atoms with van der Waals surface area (Å²) in [5, 5.41) is 8.95. The summed E-state index contributed by atoms with van der Waals surface area (Å²) in [7, 11) is 0. The Morgan fingerprint density at radius 2 is 2.07 bits per heavy atom. The second-order valence-electron chi connectivity index (χ2n) is 6.13. The molecular formula is C21H20FN3O2S. The predicted octanol–water partition coefficient (Wildman–Crippen LogP) is 4.47. The number of hydrogen-bond donors (Lipinski definition) is 0. The Labute approximate surface area is 167 Å². The first-order valence-electron chi connectivity index (χ1n) is 8.71. The standard InChI is InChI=1S/C21H20FN3O2S/c1-3-10-25-20(13-27-18-9-4-6-15(2)11-18)23-24-21(25)28-14-19(26)16-7-5-8-17(22)12-16/h3-9,11-12H,1,10,13-14H2,2H3. The van der Waals surface area contributed by atoms with Crippen LogP contribution in [0.4, 0.5) is 4.39 Å². The largest absolute Gasteiger partial charge is 0.486 e. The van der Waals surface area contributed by atoms with Gasteiger partial charge in [0.05, 0.1) is 5.75 Å². The lowest BCUT2D eigenvalue weighted by Gasteiger charge is -2.09. The number of aromatic nitrogens is 3. The van der Waals surface area contributed by atoms with E-state index in [0.29, 0.717) is 23.1 Å². The van der Waals surface area contributed by atoms with Crippen molar-refractivity contribution in [3.63, 3.8) is 0 Å². The number of carbonyl (C=O) groups excluding carboxylic acids is 1. The van der Waals surface area contributed by atoms with Gasteiger partial charge in [0.15, 0.2) is 16.8 Å². The van der Waals surface area contributed by atoms with Gasteiger partial charge in [-0.2, -0.15) is 0 Å². The zero-order valence-corrected chi connectivity index (χ0v) is 16.3. The van der Waals surface area contributed by atoms with Gasteiger partial charge in [0.25, 0.3) is 0 Å². The lowest BCUT2D eigenvalue weighted by Crippen LogP contribution is -2.09. The topological polar surface area (TPSA) is 57.0 Å². The Balaban J connectivity index is 1.68. The zero-order chi connectivity index (χ0) is 19.9. The summed E-state index contributed by atoms with van der Waals surface area (Å²) in [6.45, 7) is 6.51. The molecule has 0 fully saturated rings. The molecule has 144 valence electrons. The van der Waals surface area contributed by atoms with Crippen LogP contribution in [0.1, 0.15) is 21.7 Å². The molecule has 0 saturated carbocycles. The maximum absolute atomic E-state index is 13.3. The molecule has 7 heteroatoms. The fourth-order valence-corrected chi connectivity index (χ4v) is 3.43. The molecule has 2 aromatic carbocycles. The highest BCUT2D eigenvalue weighted by atomic mass is 32.2. The summed E-state index contributed by atoms with van der Waals surface area (Å²) in [4.78, 5) is 12.3. The highest BCUT2D eigenvalue weighted by molar-refractivity contribution is 7.99. The maximum atomic E-state index is 13.3. The van der Waals surface area contributed by atoms with Crippen molar-refractivity contribution in [1.82, 2.24) is 14.8 Å². The number of hydrogen-bond acceptors (Lipinski definition) is 5. The number of rotatable bonds is 9. The number of aryl methyl sites for hydroxylation is 1. The summed E-state index contributed by atoms with van der Waals surface area (Å²) in [6.07, 6.45) is 1.73. The van der Waals surface area contributed by atoms with Crippen molar-refractivity contribution in [3.8, 4) is 5.75 Å². The van der Waals surface area contributed by atoms with E-state index in [9.17, 15) is 9.18 Å². The van der Waals surface area contributed by atoms with E-state index in [1.807, 2.05) is 35.8 Å². The molecule has 28 heavy (non-hydrogen) atoms. The first-order valence-corrected chi connectivity index (χ1v) is 9.69. The SMILES string of the molecule is C=CCn1c(COc2cccc(C)c2)nnc1SCC(=O)c1cccc(F)c1. The molecule has 1 aromatic heterocycles. The van der Waals surface area contributed by atoms with E-state index in [1.54, 1.807) is 12.1 Å². The molecule has 0 aliphatic heterocycles. The van der Waals surface area contributed by atoms with E-state index in [4.69, 9.17) is 4.74 Å². The van der Waals surface area contributed by atoms with Gasteiger partial charge < -0.3 is 4.74 Å². The maximum Gasteiger partial charge on any atom is 0.192 e. The van der Waals surface area contributed by atoms with Crippen molar-refractivity contribution < 1.29 is 13.9 Å². The van der Waals surface area contributed by atoms with Gasteiger partial charge in [0, 0.05) is 12.1 Å². The van der Waals surface area contributed by atoms with E-state index >= 15 is 0 Å². The number of ketones is 1. The van der Waals surface area contributed by atoms with Gasteiger partial charge in [0.1, 0.15) is 18.2 Å². The van der Waals surface area contributed by atoms with Crippen molar-refractivity contribution in [3.05, 3.63) is 84.0 Å². The normalized spacial score (nSPS) is 10.6. The summed E-state index contributed by atoms with van der Waals surface area (Å²) < 4.78 is 21.0. The Kier molecular flexibility index (Phi) is 6.60. The minimum absolute atomic E-state index is 0.136. The number of allylic oxidation sites excluding steroid dienone is 1. The quantitative estimate of drug-likeness (QED) is 0.303. The van der Waals surface area contributed by atoms with E-state index in [1.165, 1.54) is 30.0 Å². The molecule has 0 saturated heterocycles. The second-order valence-corrected chi connectivity index (χ2v) is 7.07. The molecule has 0 amide bonds. The summed E-state index contributed by atoms with van der Waals surface area (Å²) in [6, 6.07) is 13.4. The van der Waals surface area contributed by atoms with Gasteiger partial charge in [-0.1, -0.05) is 42.1 Å². The number of thioether (sulfide) groups is 1. The van der Waals surface area contributed by atoms with Crippen molar-refractivity contribution in [1.29, 1.82) is 0 Å². The summed E-state index contributed by atoms with van der Waals surface area (Å²) in [5.74, 6) is 0.930. The van der Waals surface area contributed by atoms with Crippen LogP contribution in [0.2, 0.25) is 0 Å². The van der Waals surface area contributed by atoms with Gasteiger partial charge in [-0.05, 0) is 36.8 Å². The highest BCUT2D eigenvalue weighted by Gasteiger charge is 2.15. The van der Waals surface area contributed by atoms with Crippen molar-refractivity contribution >= 4 is 17.5 Å². The van der Waals surface area contributed by atoms with Crippen LogP contribution in [0.5, 0.6) is 5.75 Å². The number of nitrogens with zero attached hydrogens (tertiary/aromatic N) is 3. The molecule has 0 unspecified atom stereocenters. The smallest absolute Gasteiger partial charge is 0.192 e. The third kappa shape index (κ3) is 5.07. The molecule has 0 radical (unpaired) electrons. The zero-order valence-electron chi connectivity index (χ0n) is 15.5. The first-order chi connectivity index (χ1) is 13.6. The molecule has 0 N–H and O–H groups in total. The third-order valence-electron chi connectivity index (χ3n) is 3.94. The predicted molar refractivity (Wildman–Crippen MR) is 107 cm³/mol. The van der Waals surface area contributed by atoms with Crippen LogP contribution in [0, 0.1) is 12.7 Å². The molecule has 0 aliphatic carbocycles. The first kappa shape index (κ1) is 19.8. The van der Waals surface area contributed by atoms with Crippen LogP contribution >= 0.6 is 11.8 Å². The molecular weight excluding hydrogens is 377 g/mol. The van der Waals surface area contributed by atoms with E-state index in [0.717, 1.165) is 11.3 Å². The molecule has 3 rings (SSSR count). The fourth-order valence-electron chi connectivity index (χ4n) is 2.57. The molecule has 0 atom stereocenters. The number of benzene rings is 2. The van der Waals surface area contributed by atoms with Crippen LogP contribution in [-0.2, 0) is 13.2 Å². The molecule has 1 heterocycles. The van der Waals surface area contributed by atoms with Crippen LogP contribution in [-0.4, -0.2) is 26.3 Å². The Hall–Kier alpha value is -2.93. The van der Waals surface area contributed by atoms with Gasteiger partial charge in [0.2, 0.25) is 0 Å². The molecule has 0 spiro atoms. The number of Topliss-reactive ketones (excluding diaryl/α,β-unsaturated/α-hetero) is 1. The Bertz CT molecular complexity index is 987. The minimum Gasteiger partial charge on any atom is -0.486 e.